The molecule has 1 fully saturated rings. The summed E-state index contributed by atoms with van der Waals surface area (Å²) in [7, 11) is 1.51. The quantitative estimate of drug-likeness (QED) is 0.441. The highest BCUT2D eigenvalue weighted by Crippen LogP contribution is 2.30. The molecule has 3 amide bonds. The van der Waals surface area contributed by atoms with Crippen LogP contribution in [0, 0.1) is 5.82 Å². The van der Waals surface area contributed by atoms with Gasteiger partial charge >= 0.3 is 6.03 Å². The Morgan fingerprint density at radius 1 is 0.938 bits per heavy atom. The summed E-state index contributed by atoms with van der Waals surface area (Å²) in [5.74, 6) is 0.278. The molecule has 1 saturated heterocycles. The zero-order chi connectivity index (χ0) is 22.5. The number of urea groups is 1. The number of benzene rings is 3. The van der Waals surface area contributed by atoms with Crippen LogP contribution in [0.25, 0.3) is 6.08 Å². The van der Waals surface area contributed by atoms with Crippen LogP contribution in [0.1, 0.15) is 16.7 Å². The Bertz CT molecular complexity index is 1160. The first-order valence-electron chi connectivity index (χ1n) is 9.97. The molecule has 0 unspecified atom stereocenters. The van der Waals surface area contributed by atoms with Crippen molar-refractivity contribution in [2.24, 2.45) is 0 Å². The van der Waals surface area contributed by atoms with Gasteiger partial charge in [0, 0.05) is 0 Å². The van der Waals surface area contributed by atoms with Gasteiger partial charge in [0.2, 0.25) is 0 Å². The van der Waals surface area contributed by atoms with E-state index in [2.05, 4.69) is 5.32 Å². The van der Waals surface area contributed by atoms with Crippen molar-refractivity contribution in [2.75, 3.05) is 7.11 Å². The number of halogens is 1. The molecule has 0 atom stereocenters. The third-order valence-corrected chi connectivity index (χ3v) is 4.95. The van der Waals surface area contributed by atoms with Gasteiger partial charge in [-0.2, -0.15) is 0 Å². The topological polar surface area (TPSA) is 67.9 Å². The van der Waals surface area contributed by atoms with Gasteiger partial charge in [-0.25, -0.2) is 9.18 Å². The fraction of sp³-hybridized carbons (Fsp3) is 0.120. The fourth-order valence-corrected chi connectivity index (χ4v) is 3.28. The summed E-state index contributed by atoms with van der Waals surface area (Å²) in [5.41, 5.74) is 2.54. The van der Waals surface area contributed by atoms with Crippen LogP contribution in [0.5, 0.6) is 11.5 Å². The molecule has 1 heterocycles. The summed E-state index contributed by atoms with van der Waals surface area (Å²) in [6, 6.07) is 20.1. The molecule has 32 heavy (non-hydrogen) atoms. The van der Waals surface area contributed by atoms with Crippen molar-refractivity contribution < 1.29 is 23.5 Å². The molecule has 3 aromatic carbocycles. The number of imide groups is 1. The molecule has 1 aliphatic heterocycles. The first-order chi connectivity index (χ1) is 15.5. The fourth-order valence-electron chi connectivity index (χ4n) is 3.28. The lowest BCUT2D eigenvalue weighted by Gasteiger charge is -2.12. The molecule has 0 spiro atoms. The smallest absolute Gasteiger partial charge is 0.329 e. The summed E-state index contributed by atoms with van der Waals surface area (Å²) >= 11 is 0. The van der Waals surface area contributed by atoms with E-state index in [0.717, 1.165) is 11.1 Å². The van der Waals surface area contributed by atoms with Crippen molar-refractivity contribution >= 4 is 18.0 Å². The summed E-state index contributed by atoms with van der Waals surface area (Å²) in [6.45, 7) is 0.447. The average Bonchev–Trinajstić information content (AvgIpc) is 3.07. The lowest BCUT2D eigenvalue weighted by atomic mass is 10.1. The maximum absolute atomic E-state index is 13.0. The van der Waals surface area contributed by atoms with Gasteiger partial charge in [0.05, 0.1) is 13.7 Å². The Hall–Kier alpha value is -4.13. The highest BCUT2D eigenvalue weighted by molar-refractivity contribution is 6.13. The monoisotopic (exact) mass is 432 g/mol. The van der Waals surface area contributed by atoms with E-state index in [1.54, 1.807) is 36.4 Å². The van der Waals surface area contributed by atoms with Crippen molar-refractivity contribution in [1.82, 2.24) is 10.2 Å². The lowest BCUT2D eigenvalue weighted by molar-refractivity contribution is -0.123. The first kappa shape index (κ1) is 21.1. The number of rotatable bonds is 7. The van der Waals surface area contributed by atoms with Gasteiger partial charge in [-0.15, -0.1) is 0 Å². The molecule has 0 aromatic heterocycles. The average molecular weight is 432 g/mol. The molecule has 4 rings (SSSR count). The zero-order valence-electron chi connectivity index (χ0n) is 17.4. The van der Waals surface area contributed by atoms with Crippen molar-refractivity contribution in [2.45, 2.75) is 13.2 Å². The van der Waals surface area contributed by atoms with Crippen LogP contribution >= 0.6 is 0 Å². The first-order valence-corrected chi connectivity index (χ1v) is 9.97. The van der Waals surface area contributed by atoms with Gasteiger partial charge in [-0.3, -0.25) is 9.69 Å². The number of ether oxygens (including phenoxy) is 2. The summed E-state index contributed by atoms with van der Waals surface area (Å²) in [4.78, 5) is 26.2. The molecule has 0 aliphatic carbocycles. The van der Waals surface area contributed by atoms with Gasteiger partial charge in [0.25, 0.3) is 5.91 Å². The predicted octanol–water partition coefficient (Wildman–Crippen LogP) is 4.51. The summed E-state index contributed by atoms with van der Waals surface area (Å²) < 4.78 is 24.2. The van der Waals surface area contributed by atoms with Crippen LogP contribution in [-0.4, -0.2) is 23.9 Å². The van der Waals surface area contributed by atoms with E-state index in [-0.39, 0.29) is 24.7 Å². The van der Waals surface area contributed by atoms with Crippen molar-refractivity contribution in [3.05, 3.63) is 101 Å². The SMILES string of the molecule is COc1cc(/C=C2\NC(=O)N(Cc3ccccc3)C2=O)ccc1OCc1ccc(F)cc1. The Labute approximate surface area is 184 Å². The minimum Gasteiger partial charge on any atom is -0.493 e. The third-order valence-electron chi connectivity index (χ3n) is 4.95. The molecular weight excluding hydrogens is 411 g/mol. The molecular formula is C25H21FN2O4. The maximum Gasteiger partial charge on any atom is 0.329 e. The molecule has 0 radical (unpaired) electrons. The molecule has 1 aliphatic rings. The molecule has 7 heteroatoms. The second kappa shape index (κ2) is 9.34. The van der Waals surface area contributed by atoms with E-state index in [4.69, 9.17) is 9.47 Å². The minimum atomic E-state index is -0.462. The van der Waals surface area contributed by atoms with Gasteiger partial charge in [0.1, 0.15) is 18.1 Å². The highest BCUT2D eigenvalue weighted by Gasteiger charge is 2.33. The molecule has 162 valence electrons. The largest absolute Gasteiger partial charge is 0.493 e. The number of carbonyl (C=O) groups excluding carboxylic acids is 2. The summed E-state index contributed by atoms with van der Waals surface area (Å²) in [5, 5.41) is 2.62. The minimum absolute atomic E-state index is 0.188. The normalized spacial score (nSPS) is 14.6. The van der Waals surface area contributed by atoms with Gasteiger partial charge < -0.3 is 14.8 Å². The number of methoxy groups -OCH3 is 1. The van der Waals surface area contributed by atoms with Crippen molar-refractivity contribution in [1.29, 1.82) is 0 Å². The molecule has 0 saturated carbocycles. The third kappa shape index (κ3) is 4.78. The van der Waals surface area contributed by atoms with Gasteiger partial charge in [0.15, 0.2) is 11.5 Å². The van der Waals surface area contributed by atoms with Gasteiger partial charge in [-0.1, -0.05) is 48.5 Å². The van der Waals surface area contributed by atoms with E-state index < -0.39 is 11.9 Å². The van der Waals surface area contributed by atoms with E-state index in [1.165, 1.54) is 24.1 Å². The Morgan fingerprint density at radius 3 is 2.41 bits per heavy atom. The van der Waals surface area contributed by atoms with E-state index >= 15 is 0 Å². The number of amides is 3. The predicted molar refractivity (Wildman–Crippen MR) is 117 cm³/mol. The van der Waals surface area contributed by atoms with Crippen LogP contribution < -0.4 is 14.8 Å². The van der Waals surface area contributed by atoms with Crippen molar-refractivity contribution in [3.8, 4) is 11.5 Å². The highest BCUT2D eigenvalue weighted by atomic mass is 19.1. The Balaban J connectivity index is 1.48. The molecule has 0 bridgehead atoms. The van der Waals surface area contributed by atoms with E-state index in [0.29, 0.717) is 17.1 Å². The molecule has 6 nitrogen and oxygen atoms in total. The van der Waals surface area contributed by atoms with Crippen molar-refractivity contribution in [3.63, 3.8) is 0 Å². The van der Waals surface area contributed by atoms with Crippen LogP contribution in [0.4, 0.5) is 9.18 Å². The number of hydrogen-bond donors (Lipinski definition) is 1. The number of nitrogens with one attached hydrogen (secondary N) is 1. The number of hydrogen-bond acceptors (Lipinski definition) is 4. The summed E-state index contributed by atoms with van der Waals surface area (Å²) in [6.07, 6.45) is 1.59. The second-order valence-corrected chi connectivity index (χ2v) is 7.19. The maximum atomic E-state index is 13.0. The van der Waals surface area contributed by atoms with E-state index in [1.807, 2.05) is 30.3 Å². The van der Waals surface area contributed by atoms with Crippen LogP contribution in [0.3, 0.4) is 0 Å². The number of carbonyl (C=O) groups is 2. The van der Waals surface area contributed by atoms with Gasteiger partial charge in [-0.05, 0) is 47.0 Å². The standard InChI is InChI=1S/C25H21FN2O4/c1-31-23-14-19(9-12-22(23)32-16-18-7-10-20(26)11-8-18)13-21-24(29)28(25(30)27-21)15-17-5-3-2-4-6-17/h2-14H,15-16H2,1H3,(H,27,30)/b21-13-. The van der Waals surface area contributed by atoms with Crippen LogP contribution in [-0.2, 0) is 17.9 Å². The number of nitrogens with zero attached hydrogens (tertiary/aromatic N) is 1. The second-order valence-electron chi connectivity index (χ2n) is 7.19. The lowest BCUT2D eigenvalue weighted by Crippen LogP contribution is -2.30. The molecule has 1 N–H and O–H groups in total. The van der Waals surface area contributed by atoms with E-state index in [9.17, 15) is 14.0 Å². The molecule has 3 aromatic rings. The van der Waals surface area contributed by atoms with Crippen LogP contribution in [0.2, 0.25) is 0 Å². The Kier molecular flexibility index (Phi) is 6.17. The zero-order valence-corrected chi connectivity index (χ0v) is 17.4. The Morgan fingerprint density at radius 2 is 1.69 bits per heavy atom. The van der Waals surface area contributed by atoms with Crippen LogP contribution in [0.15, 0.2) is 78.5 Å².